The van der Waals surface area contributed by atoms with Crippen molar-refractivity contribution in [1.29, 1.82) is 0 Å². The summed E-state index contributed by atoms with van der Waals surface area (Å²) in [5.74, 6) is 1.29. The Balaban J connectivity index is 1.24. The topological polar surface area (TPSA) is 103 Å². The molecule has 8 rings (SSSR count). The molecule has 2 saturated heterocycles. The fourth-order valence-electron chi connectivity index (χ4n) is 13.9. The summed E-state index contributed by atoms with van der Waals surface area (Å²) in [6, 6.07) is 4.01. The molecule has 3 saturated carbocycles. The summed E-state index contributed by atoms with van der Waals surface area (Å²) in [4.78, 5) is 25.2. The number of aromatic nitrogens is 4. The van der Waals surface area contributed by atoms with E-state index in [1.54, 1.807) is 11.9 Å². The van der Waals surface area contributed by atoms with Crippen molar-refractivity contribution >= 4 is 5.97 Å². The molecule has 2 aromatic rings. The van der Waals surface area contributed by atoms with Crippen LogP contribution in [-0.4, -0.2) is 80.8 Å². The second kappa shape index (κ2) is 12.7. The Labute approximate surface area is 317 Å². The summed E-state index contributed by atoms with van der Waals surface area (Å²) in [5.41, 5.74) is 1.36. The number of likely N-dealkylation sites (N-methyl/N-ethyl adjacent to an activating group) is 1. The Morgan fingerprint density at radius 2 is 1.79 bits per heavy atom. The van der Waals surface area contributed by atoms with E-state index in [0.29, 0.717) is 43.5 Å². The van der Waals surface area contributed by atoms with E-state index >= 15 is 0 Å². The molecule has 290 valence electrons. The van der Waals surface area contributed by atoms with Crippen LogP contribution >= 0.6 is 0 Å². The van der Waals surface area contributed by atoms with Crippen LogP contribution in [0.4, 0.5) is 0 Å². The summed E-state index contributed by atoms with van der Waals surface area (Å²) in [6.07, 6.45) is 16.0. The number of hydrogen-bond acceptors (Lipinski definition) is 7. The molecule has 53 heavy (non-hydrogen) atoms. The minimum absolute atomic E-state index is 0.00684. The van der Waals surface area contributed by atoms with Gasteiger partial charge in [0, 0.05) is 34.3 Å². The lowest BCUT2D eigenvalue weighted by Crippen LogP contribution is -2.69. The van der Waals surface area contributed by atoms with E-state index in [1.807, 2.05) is 24.5 Å². The van der Waals surface area contributed by atoms with Crippen molar-refractivity contribution < 1.29 is 19.4 Å². The van der Waals surface area contributed by atoms with Crippen molar-refractivity contribution in [2.24, 2.45) is 56.7 Å². The molecule has 4 aliphatic carbocycles. The number of carboxylic acid groups (broad SMARTS) is 1. The maximum Gasteiger partial charge on any atom is 0.307 e. The quantitative estimate of drug-likeness (QED) is 0.271. The molecule has 0 aromatic carbocycles. The molecule has 0 unspecified atom stereocenters. The van der Waals surface area contributed by atoms with Gasteiger partial charge in [-0.15, -0.1) is 0 Å². The third-order valence-electron chi connectivity index (χ3n) is 17.6. The number of carboxylic acids is 1. The summed E-state index contributed by atoms with van der Waals surface area (Å²) >= 11 is 0. The minimum atomic E-state index is -0.611. The van der Waals surface area contributed by atoms with Gasteiger partial charge >= 0.3 is 5.97 Å². The van der Waals surface area contributed by atoms with Crippen LogP contribution in [-0.2, 0) is 14.3 Å². The van der Waals surface area contributed by atoms with Crippen LogP contribution in [0.15, 0.2) is 42.5 Å². The monoisotopic (exact) mass is 728 g/mol. The van der Waals surface area contributed by atoms with Gasteiger partial charge in [0.2, 0.25) is 0 Å². The van der Waals surface area contributed by atoms with Gasteiger partial charge in [0.15, 0.2) is 5.82 Å². The van der Waals surface area contributed by atoms with Gasteiger partial charge in [-0.2, -0.15) is 5.10 Å². The molecule has 0 radical (unpaired) electrons. The molecule has 0 spiro atoms. The first-order chi connectivity index (χ1) is 25.1. The van der Waals surface area contributed by atoms with Crippen molar-refractivity contribution in [3.05, 3.63) is 42.5 Å². The number of nitrogens with zero attached hydrogens (tertiary/aromatic N) is 5. The number of carbonyl (C=O) groups is 1. The number of allylic oxidation sites excluding steroid dienone is 1. The second-order valence-corrected chi connectivity index (χ2v) is 20.1. The van der Waals surface area contributed by atoms with Crippen LogP contribution in [0.5, 0.6) is 0 Å². The Morgan fingerprint density at radius 1 is 1.04 bits per heavy atom. The fraction of sp³-hybridized carbons (Fsp3) is 0.773. The molecule has 2 aromatic heterocycles. The summed E-state index contributed by atoms with van der Waals surface area (Å²) in [5, 5.41) is 16.2. The lowest BCUT2D eigenvalue weighted by Gasteiger charge is -2.71. The minimum Gasteiger partial charge on any atom is -0.481 e. The Bertz CT molecular complexity index is 1750. The lowest BCUT2D eigenvalue weighted by molar-refractivity contribution is -0.253. The van der Waals surface area contributed by atoms with E-state index < -0.39 is 11.9 Å². The van der Waals surface area contributed by atoms with Gasteiger partial charge in [-0.1, -0.05) is 60.1 Å². The molecule has 5 fully saturated rings. The first-order valence-corrected chi connectivity index (χ1v) is 20.7. The van der Waals surface area contributed by atoms with Crippen molar-refractivity contribution in [3.63, 3.8) is 0 Å². The molecule has 12 atom stereocenters. The highest BCUT2D eigenvalue weighted by Gasteiger charge is 2.72. The maximum absolute atomic E-state index is 13.6. The van der Waals surface area contributed by atoms with Gasteiger partial charge < -0.3 is 14.6 Å². The number of pyridine rings is 1. The summed E-state index contributed by atoms with van der Waals surface area (Å²) in [7, 11) is 2.24. The van der Waals surface area contributed by atoms with Gasteiger partial charge in [-0.25, -0.2) is 9.67 Å². The third kappa shape index (κ3) is 5.17. The SMILES string of the molecule is CC(C)[C@@H](C)[C@@]1(C)CC[C@]2(C)[C@H]3CC[C@@H]4[C@@]5(COC[C@@]4(C)[C@@H](OC[C@@]4(C)CCCN4C)[C@H](n4ncnc4-c4ccncc4)C5)C3=CC[C@@]2(C)[C@@H]1C(=O)O. The highest BCUT2D eigenvalue weighted by Crippen LogP contribution is 2.75. The van der Waals surface area contributed by atoms with E-state index in [2.05, 4.69) is 83.1 Å². The molecule has 2 aliphatic heterocycles. The molecular formula is C44H65N5O4. The van der Waals surface area contributed by atoms with Crippen LogP contribution in [0.2, 0.25) is 0 Å². The van der Waals surface area contributed by atoms with Crippen molar-refractivity contribution in [3.8, 4) is 11.4 Å². The zero-order chi connectivity index (χ0) is 37.8. The van der Waals surface area contributed by atoms with Crippen molar-refractivity contribution in [2.75, 3.05) is 33.4 Å². The predicted molar refractivity (Wildman–Crippen MR) is 206 cm³/mol. The average Bonchev–Trinajstić information content (AvgIpc) is 3.74. The van der Waals surface area contributed by atoms with Crippen LogP contribution in [0.25, 0.3) is 11.4 Å². The Kier molecular flexibility index (Phi) is 8.94. The largest absolute Gasteiger partial charge is 0.481 e. The molecule has 0 amide bonds. The van der Waals surface area contributed by atoms with Gasteiger partial charge in [0.25, 0.3) is 0 Å². The fourth-order valence-corrected chi connectivity index (χ4v) is 13.9. The molecular weight excluding hydrogens is 663 g/mol. The first kappa shape index (κ1) is 37.3. The number of likely N-dealkylation sites (tertiary alicyclic amines) is 1. The maximum atomic E-state index is 13.6. The number of ether oxygens (including phenoxy) is 2. The van der Waals surface area contributed by atoms with Crippen LogP contribution in [0.1, 0.15) is 113 Å². The number of rotatable bonds is 8. The first-order valence-electron chi connectivity index (χ1n) is 20.7. The molecule has 9 nitrogen and oxygen atoms in total. The third-order valence-corrected chi connectivity index (χ3v) is 17.6. The van der Waals surface area contributed by atoms with E-state index in [1.165, 1.54) is 6.42 Å². The molecule has 9 heteroatoms. The van der Waals surface area contributed by atoms with Crippen LogP contribution in [0.3, 0.4) is 0 Å². The highest BCUT2D eigenvalue weighted by molar-refractivity contribution is 5.73. The Hall–Kier alpha value is -2.62. The Morgan fingerprint density at radius 3 is 2.47 bits per heavy atom. The van der Waals surface area contributed by atoms with Crippen molar-refractivity contribution in [2.45, 2.75) is 124 Å². The zero-order valence-corrected chi connectivity index (χ0v) is 33.9. The molecule has 4 heterocycles. The number of hydrogen-bond donors (Lipinski definition) is 1. The van der Waals surface area contributed by atoms with Gasteiger partial charge in [-0.05, 0) is 124 Å². The zero-order valence-electron chi connectivity index (χ0n) is 33.9. The van der Waals surface area contributed by atoms with Crippen molar-refractivity contribution in [1.82, 2.24) is 24.6 Å². The van der Waals surface area contributed by atoms with Crippen LogP contribution in [0, 0.1) is 56.7 Å². The number of aliphatic carboxylic acids is 1. The summed E-state index contributed by atoms with van der Waals surface area (Å²) < 4.78 is 16.4. The van der Waals surface area contributed by atoms with Gasteiger partial charge in [-0.3, -0.25) is 14.7 Å². The smallest absolute Gasteiger partial charge is 0.307 e. The van der Waals surface area contributed by atoms with Gasteiger partial charge in [0.05, 0.1) is 37.9 Å². The van der Waals surface area contributed by atoms with E-state index in [0.717, 1.165) is 62.9 Å². The molecule has 1 N–H and O–H groups in total. The number of fused-ring (bicyclic) bond motifs is 3. The normalized spacial score (nSPS) is 44.5. The molecule has 6 aliphatic rings. The standard InChI is InChI=1S/C44H65N5O4/c1-28(2)29(3)40(5)18-19-42(7)31-11-12-34-41(6)25-52-26-44(34,32(31)13-17-43(42,8)35(40)38(50)51)23-33(36(41)53-24-39(4)16-10-22-48(39)9)49-37(46-27-47-49)30-14-20-45-21-15-30/h13-15,20-21,27-29,31,33-36H,10-12,16-19,22-26H2,1-9H3,(H,50,51)/t29-,31+,33-,34+,35-,36+,39-,40-,41-,42-,43+,44+/m1/s1. The second-order valence-electron chi connectivity index (χ2n) is 20.1. The van der Waals surface area contributed by atoms with E-state index in [9.17, 15) is 9.90 Å². The molecule has 2 bridgehead atoms. The predicted octanol–water partition coefficient (Wildman–Crippen LogP) is 8.34. The van der Waals surface area contributed by atoms with E-state index in [4.69, 9.17) is 19.6 Å². The average molecular weight is 728 g/mol. The summed E-state index contributed by atoms with van der Waals surface area (Å²) in [6.45, 7) is 21.9. The van der Waals surface area contributed by atoms with Gasteiger partial charge in [0.1, 0.15) is 6.33 Å². The highest BCUT2D eigenvalue weighted by atomic mass is 16.5. The van der Waals surface area contributed by atoms with Crippen LogP contribution < -0.4 is 0 Å². The lowest BCUT2D eigenvalue weighted by atomic mass is 9.34. The van der Waals surface area contributed by atoms with E-state index in [-0.39, 0.29) is 44.8 Å².